The summed E-state index contributed by atoms with van der Waals surface area (Å²) in [4.78, 5) is 67.8. The number of likely N-dealkylation sites (tertiary alicyclic amines) is 1. The van der Waals surface area contributed by atoms with Gasteiger partial charge >= 0.3 is 0 Å². The molecule has 3 heterocycles. The number of carbonyl (C=O) groups excluding carboxylic acids is 5. The number of nitrogens with one attached hydrogen (secondary N) is 1. The lowest BCUT2D eigenvalue weighted by Gasteiger charge is -2.32. The van der Waals surface area contributed by atoms with Crippen LogP contribution < -0.4 is 5.32 Å². The maximum absolute atomic E-state index is 12.9. The highest BCUT2D eigenvalue weighted by atomic mass is 16.2. The number of pyridine rings is 1. The predicted molar refractivity (Wildman–Crippen MR) is 103 cm³/mol. The number of carbonyl (C=O) groups is 5. The van der Waals surface area contributed by atoms with E-state index in [9.17, 15) is 24.0 Å². The monoisotopic (exact) mass is 406 g/mol. The quantitative estimate of drug-likeness (QED) is 0.749. The maximum atomic E-state index is 12.9. The van der Waals surface area contributed by atoms with Crippen molar-refractivity contribution < 1.29 is 24.0 Å². The number of aromatic nitrogens is 1. The van der Waals surface area contributed by atoms with E-state index in [1.165, 1.54) is 25.4 Å². The standard InChI is InChI=1S/C21H18N4O5/c1-24-17(26)8-7-16(21(24)30)25-19(28)13-6-5-12(10-14(13)20(25)29)11-23-18(27)15-4-2-3-9-22-15/h2-6,9-10,16H,7-8,11H2,1H3,(H,23,27). The molecule has 1 N–H and O–H groups in total. The Kier molecular flexibility index (Phi) is 4.86. The van der Waals surface area contributed by atoms with Crippen molar-refractivity contribution in [1.29, 1.82) is 0 Å². The fourth-order valence-electron chi connectivity index (χ4n) is 3.61. The van der Waals surface area contributed by atoms with E-state index in [1.54, 1.807) is 24.3 Å². The van der Waals surface area contributed by atoms with E-state index in [0.29, 0.717) is 5.56 Å². The third kappa shape index (κ3) is 3.24. The van der Waals surface area contributed by atoms with Crippen molar-refractivity contribution in [3.8, 4) is 0 Å². The zero-order valence-electron chi connectivity index (χ0n) is 16.1. The summed E-state index contributed by atoms with van der Waals surface area (Å²) in [7, 11) is 1.34. The molecule has 1 saturated heterocycles. The summed E-state index contributed by atoms with van der Waals surface area (Å²) in [6.07, 6.45) is 1.71. The van der Waals surface area contributed by atoms with Gasteiger partial charge in [0.25, 0.3) is 23.6 Å². The van der Waals surface area contributed by atoms with Crippen LogP contribution in [-0.2, 0) is 16.1 Å². The number of hydrogen-bond donors (Lipinski definition) is 1. The molecule has 0 spiro atoms. The van der Waals surface area contributed by atoms with Crippen molar-refractivity contribution in [2.45, 2.75) is 25.4 Å². The minimum atomic E-state index is -0.993. The highest BCUT2D eigenvalue weighted by Gasteiger charge is 2.46. The van der Waals surface area contributed by atoms with Crippen LogP contribution in [0.1, 0.15) is 49.6 Å². The van der Waals surface area contributed by atoms with E-state index in [4.69, 9.17) is 0 Å². The third-order valence-electron chi connectivity index (χ3n) is 5.27. The van der Waals surface area contributed by atoms with Crippen molar-refractivity contribution in [3.63, 3.8) is 0 Å². The molecule has 1 fully saturated rings. The molecule has 1 aromatic carbocycles. The van der Waals surface area contributed by atoms with Gasteiger partial charge in [-0.25, -0.2) is 0 Å². The van der Waals surface area contributed by atoms with Crippen LogP contribution in [0.15, 0.2) is 42.6 Å². The molecule has 0 saturated carbocycles. The van der Waals surface area contributed by atoms with Crippen molar-refractivity contribution >= 4 is 29.5 Å². The molecule has 0 radical (unpaired) electrons. The number of imide groups is 2. The second-order valence-electron chi connectivity index (χ2n) is 7.10. The normalized spacial score (nSPS) is 18.6. The molecule has 0 bridgehead atoms. The lowest BCUT2D eigenvalue weighted by Crippen LogP contribution is -2.54. The number of rotatable bonds is 4. The molecule has 2 aliphatic rings. The van der Waals surface area contributed by atoms with E-state index < -0.39 is 23.8 Å². The number of nitrogens with zero attached hydrogens (tertiary/aromatic N) is 3. The van der Waals surface area contributed by atoms with Gasteiger partial charge in [-0.15, -0.1) is 0 Å². The van der Waals surface area contributed by atoms with Crippen LogP contribution in [0.25, 0.3) is 0 Å². The smallest absolute Gasteiger partial charge is 0.270 e. The van der Waals surface area contributed by atoms with Crippen LogP contribution in [0.3, 0.4) is 0 Å². The second-order valence-corrected chi connectivity index (χ2v) is 7.10. The Morgan fingerprint density at radius 2 is 1.87 bits per heavy atom. The van der Waals surface area contributed by atoms with Crippen molar-refractivity contribution in [2.75, 3.05) is 7.05 Å². The molecular formula is C21H18N4O5. The summed E-state index contributed by atoms with van der Waals surface area (Å²) in [5.74, 6) is -2.39. The van der Waals surface area contributed by atoms with Crippen LogP contribution in [0, 0.1) is 0 Å². The molecule has 1 atom stereocenters. The molecule has 152 valence electrons. The summed E-state index contributed by atoms with van der Waals surface area (Å²) in [5.41, 5.74) is 1.28. The highest BCUT2D eigenvalue weighted by Crippen LogP contribution is 2.29. The van der Waals surface area contributed by atoms with Gasteiger partial charge in [-0.2, -0.15) is 0 Å². The Morgan fingerprint density at radius 3 is 2.60 bits per heavy atom. The summed E-state index contributed by atoms with van der Waals surface area (Å²) in [5, 5.41) is 2.72. The first kappa shape index (κ1) is 19.4. The van der Waals surface area contributed by atoms with E-state index in [2.05, 4.69) is 10.3 Å². The largest absolute Gasteiger partial charge is 0.347 e. The molecular weight excluding hydrogens is 388 g/mol. The molecule has 5 amide bonds. The fourth-order valence-corrected chi connectivity index (χ4v) is 3.61. The summed E-state index contributed by atoms with van der Waals surface area (Å²) >= 11 is 0. The predicted octanol–water partition coefficient (Wildman–Crippen LogP) is 0.755. The molecule has 0 aliphatic carbocycles. The molecule has 2 aromatic rings. The van der Waals surface area contributed by atoms with Crippen LogP contribution in [0.4, 0.5) is 0 Å². The number of likely N-dealkylation sites (N-methyl/N-ethyl adjacent to an activating group) is 1. The molecule has 9 nitrogen and oxygen atoms in total. The molecule has 4 rings (SSSR count). The molecule has 2 aliphatic heterocycles. The average Bonchev–Trinajstić information content (AvgIpc) is 3.01. The lowest BCUT2D eigenvalue weighted by molar-refractivity contribution is -0.149. The SMILES string of the molecule is CN1C(=O)CCC(N2C(=O)c3ccc(CNC(=O)c4ccccn4)cc3C2=O)C1=O. The zero-order chi connectivity index (χ0) is 21.4. The summed E-state index contributed by atoms with van der Waals surface area (Å²) < 4.78 is 0. The van der Waals surface area contributed by atoms with Gasteiger partial charge in [-0.1, -0.05) is 12.1 Å². The minimum Gasteiger partial charge on any atom is -0.347 e. The van der Waals surface area contributed by atoms with E-state index >= 15 is 0 Å². The molecule has 9 heteroatoms. The van der Waals surface area contributed by atoms with Crippen LogP contribution in [-0.4, -0.2) is 57.4 Å². The van der Waals surface area contributed by atoms with Crippen molar-refractivity contribution in [2.24, 2.45) is 0 Å². The highest BCUT2D eigenvalue weighted by molar-refractivity contribution is 6.23. The van der Waals surface area contributed by atoms with Gasteiger partial charge in [0.1, 0.15) is 11.7 Å². The maximum Gasteiger partial charge on any atom is 0.270 e. The number of piperidine rings is 1. The lowest BCUT2D eigenvalue weighted by atomic mass is 10.0. The van der Waals surface area contributed by atoms with E-state index in [0.717, 1.165) is 9.80 Å². The number of amides is 5. The first-order chi connectivity index (χ1) is 14.4. The van der Waals surface area contributed by atoms with Gasteiger partial charge < -0.3 is 5.32 Å². The van der Waals surface area contributed by atoms with E-state index in [-0.39, 0.29) is 48.0 Å². The molecule has 1 aromatic heterocycles. The number of fused-ring (bicyclic) bond motifs is 1. The van der Waals surface area contributed by atoms with Gasteiger partial charge in [0.2, 0.25) is 5.91 Å². The Labute approximate surface area is 171 Å². The summed E-state index contributed by atoms with van der Waals surface area (Å²) in [6, 6.07) is 8.69. The Bertz CT molecular complexity index is 1080. The first-order valence-electron chi connectivity index (χ1n) is 9.39. The first-order valence-corrected chi connectivity index (χ1v) is 9.39. The fraction of sp³-hybridized carbons (Fsp3) is 0.238. The zero-order valence-corrected chi connectivity index (χ0v) is 16.1. The van der Waals surface area contributed by atoms with Gasteiger partial charge in [0, 0.05) is 26.2 Å². The Balaban J connectivity index is 1.52. The Hall–Kier alpha value is -3.88. The molecule has 30 heavy (non-hydrogen) atoms. The van der Waals surface area contributed by atoms with Crippen LogP contribution >= 0.6 is 0 Å². The van der Waals surface area contributed by atoms with Crippen LogP contribution in [0.5, 0.6) is 0 Å². The van der Waals surface area contributed by atoms with E-state index in [1.807, 2.05) is 0 Å². The van der Waals surface area contributed by atoms with Crippen LogP contribution in [0.2, 0.25) is 0 Å². The van der Waals surface area contributed by atoms with Crippen molar-refractivity contribution in [3.05, 3.63) is 65.0 Å². The molecule has 1 unspecified atom stereocenters. The van der Waals surface area contributed by atoms with Gasteiger partial charge in [-0.05, 0) is 36.2 Å². The van der Waals surface area contributed by atoms with Gasteiger partial charge in [-0.3, -0.25) is 38.8 Å². The third-order valence-corrected chi connectivity index (χ3v) is 5.27. The number of hydrogen-bond acceptors (Lipinski definition) is 6. The number of benzene rings is 1. The van der Waals surface area contributed by atoms with Gasteiger partial charge in [0.15, 0.2) is 0 Å². The van der Waals surface area contributed by atoms with Gasteiger partial charge in [0.05, 0.1) is 11.1 Å². The second kappa shape index (κ2) is 7.51. The Morgan fingerprint density at radius 1 is 1.10 bits per heavy atom. The van der Waals surface area contributed by atoms with Crippen molar-refractivity contribution in [1.82, 2.24) is 20.1 Å². The average molecular weight is 406 g/mol. The topological polar surface area (TPSA) is 117 Å². The minimum absolute atomic E-state index is 0.0884. The summed E-state index contributed by atoms with van der Waals surface area (Å²) in [6.45, 7) is 0.143.